The van der Waals surface area contributed by atoms with Gasteiger partial charge in [-0.25, -0.2) is 8.78 Å². The van der Waals surface area contributed by atoms with Crippen LogP contribution in [0.25, 0.3) is 0 Å². The molecule has 0 radical (unpaired) electrons. The van der Waals surface area contributed by atoms with E-state index in [0.717, 1.165) is 44.5 Å². The van der Waals surface area contributed by atoms with E-state index in [1.54, 1.807) is 12.4 Å². The summed E-state index contributed by atoms with van der Waals surface area (Å²) in [4.78, 5) is 8.41. The maximum Gasteiger partial charge on any atom is 0.173 e. The predicted molar refractivity (Wildman–Crippen MR) is 104 cm³/mol. The van der Waals surface area contributed by atoms with E-state index in [9.17, 15) is 8.78 Å². The first-order valence-corrected chi connectivity index (χ1v) is 9.22. The number of hydrogen-bond donors (Lipinski definition) is 1. The fraction of sp³-hybridized carbons (Fsp3) is 0.368. The van der Waals surface area contributed by atoms with Crippen LogP contribution in [0.3, 0.4) is 0 Å². The number of rotatable bonds is 6. The predicted octanol–water partition coefficient (Wildman–Crippen LogP) is 2.89. The molecule has 0 saturated carbocycles. The van der Waals surface area contributed by atoms with Gasteiger partial charge >= 0.3 is 0 Å². The van der Waals surface area contributed by atoms with E-state index in [-0.39, 0.29) is 5.69 Å². The normalized spacial score (nSPS) is 14.7. The number of ether oxygens (including phenoxy) is 1. The van der Waals surface area contributed by atoms with Gasteiger partial charge in [0.1, 0.15) is 11.6 Å². The second-order valence-electron chi connectivity index (χ2n) is 6.29. The monoisotopic (exact) mass is 392 g/mol. The van der Waals surface area contributed by atoms with Crippen molar-refractivity contribution in [3.63, 3.8) is 0 Å². The number of nitrogens with one attached hydrogen (secondary N) is 1. The van der Waals surface area contributed by atoms with Crippen molar-refractivity contribution in [3.05, 3.63) is 59.9 Å². The van der Waals surface area contributed by atoms with E-state index >= 15 is 0 Å². The minimum absolute atomic E-state index is 0.156. The molecule has 3 rings (SSSR count). The average molecular weight is 392 g/mol. The summed E-state index contributed by atoms with van der Waals surface area (Å²) >= 11 is 5.51. The highest BCUT2D eigenvalue weighted by molar-refractivity contribution is 7.80. The number of anilines is 1. The Morgan fingerprint density at radius 2 is 2.07 bits per heavy atom. The smallest absolute Gasteiger partial charge is 0.173 e. The number of pyridine rings is 1. The SMILES string of the molecule is Fc1ccc(NC(=S)N(CCN2CCOCC2)Cc2cccnc2)c(F)c1. The van der Waals surface area contributed by atoms with E-state index in [1.807, 2.05) is 17.0 Å². The van der Waals surface area contributed by atoms with Gasteiger partial charge in [0.05, 0.1) is 18.9 Å². The largest absolute Gasteiger partial charge is 0.379 e. The number of halogens is 2. The Morgan fingerprint density at radius 3 is 2.78 bits per heavy atom. The summed E-state index contributed by atoms with van der Waals surface area (Å²) < 4.78 is 32.5. The molecule has 1 aliphatic rings. The standard InChI is InChI=1S/C19H22F2N4OS/c20-16-3-4-18(17(21)12-16)23-19(27)25(14-15-2-1-5-22-13-15)7-6-24-8-10-26-11-9-24/h1-5,12-13H,6-11,14H2,(H,23,27). The minimum atomic E-state index is -0.674. The van der Waals surface area contributed by atoms with Crippen LogP contribution in [0.1, 0.15) is 5.56 Å². The van der Waals surface area contributed by atoms with Gasteiger partial charge in [0.2, 0.25) is 0 Å². The third kappa shape index (κ3) is 5.92. The molecule has 1 aliphatic heterocycles. The number of benzene rings is 1. The zero-order valence-electron chi connectivity index (χ0n) is 14.9. The Bertz CT molecular complexity index is 757. The van der Waals surface area contributed by atoms with Crippen molar-refractivity contribution in [3.8, 4) is 0 Å². The second-order valence-corrected chi connectivity index (χ2v) is 6.68. The van der Waals surface area contributed by atoms with Gasteiger partial charge in [-0.2, -0.15) is 0 Å². The molecule has 0 unspecified atom stereocenters. The summed E-state index contributed by atoms with van der Waals surface area (Å²) in [6.07, 6.45) is 3.49. The highest BCUT2D eigenvalue weighted by Crippen LogP contribution is 2.16. The molecule has 1 saturated heterocycles. The lowest BCUT2D eigenvalue weighted by Gasteiger charge is -2.31. The molecule has 0 atom stereocenters. The van der Waals surface area contributed by atoms with Crippen LogP contribution in [0.15, 0.2) is 42.7 Å². The molecule has 2 aromatic rings. The van der Waals surface area contributed by atoms with Gasteiger partial charge in [-0.1, -0.05) is 6.07 Å². The van der Waals surface area contributed by atoms with Crippen LogP contribution in [0.4, 0.5) is 14.5 Å². The van der Waals surface area contributed by atoms with Gasteiger partial charge in [0.25, 0.3) is 0 Å². The molecule has 27 heavy (non-hydrogen) atoms. The summed E-state index contributed by atoms with van der Waals surface area (Å²) in [5.74, 6) is -1.30. The topological polar surface area (TPSA) is 40.6 Å². The van der Waals surface area contributed by atoms with E-state index in [1.165, 1.54) is 12.1 Å². The van der Waals surface area contributed by atoms with E-state index in [2.05, 4.69) is 15.2 Å². The Balaban J connectivity index is 1.67. The Labute approximate surface area is 162 Å². The maximum absolute atomic E-state index is 14.0. The molecule has 144 valence electrons. The molecule has 0 spiro atoms. The summed E-state index contributed by atoms with van der Waals surface area (Å²) in [7, 11) is 0. The lowest BCUT2D eigenvalue weighted by molar-refractivity contribution is 0.0358. The van der Waals surface area contributed by atoms with Crippen molar-refractivity contribution >= 4 is 23.0 Å². The molecule has 8 heteroatoms. The Hall–Kier alpha value is -2.16. The molecule has 0 aliphatic carbocycles. The van der Waals surface area contributed by atoms with Gasteiger partial charge in [-0.15, -0.1) is 0 Å². The minimum Gasteiger partial charge on any atom is -0.379 e. The van der Waals surface area contributed by atoms with Crippen LogP contribution in [0, 0.1) is 11.6 Å². The lowest BCUT2D eigenvalue weighted by atomic mass is 10.2. The fourth-order valence-electron chi connectivity index (χ4n) is 2.84. The summed E-state index contributed by atoms with van der Waals surface area (Å²) in [5.41, 5.74) is 1.16. The molecule has 1 aromatic heterocycles. The fourth-order valence-corrected chi connectivity index (χ4v) is 3.10. The molecule has 2 heterocycles. The van der Waals surface area contributed by atoms with E-state index in [4.69, 9.17) is 17.0 Å². The van der Waals surface area contributed by atoms with Gasteiger partial charge in [0, 0.05) is 51.2 Å². The van der Waals surface area contributed by atoms with Gasteiger partial charge in [-0.05, 0) is 36.0 Å². The first-order chi connectivity index (χ1) is 13.1. The third-order valence-electron chi connectivity index (χ3n) is 4.35. The first kappa shape index (κ1) is 19.6. The number of aromatic nitrogens is 1. The molecule has 5 nitrogen and oxygen atoms in total. The van der Waals surface area contributed by atoms with E-state index in [0.29, 0.717) is 18.2 Å². The number of hydrogen-bond acceptors (Lipinski definition) is 4. The first-order valence-electron chi connectivity index (χ1n) is 8.82. The third-order valence-corrected chi connectivity index (χ3v) is 4.71. The van der Waals surface area contributed by atoms with Crippen molar-refractivity contribution in [1.82, 2.24) is 14.8 Å². The number of morpholine rings is 1. The molecular weight excluding hydrogens is 370 g/mol. The molecule has 1 aromatic carbocycles. The second kappa shape index (κ2) is 9.68. The lowest BCUT2D eigenvalue weighted by Crippen LogP contribution is -2.44. The number of nitrogens with zero attached hydrogens (tertiary/aromatic N) is 3. The average Bonchev–Trinajstić information content (AvgIpc) is 2.69. The van der Waals surface area contributed by atoms with Crippen LogP contribution in [0.2, 0.25) is 0 Å². The van der Waals surface area contributed by atoms with Crippen LogP contribution in [0.5, 0.6) is 0 Å². The van der Waals surface area contributed by atoms with Gasteiger partial charge in [0.15, 0.2) is 5.11 Å². The number of thiocarbonyl (C=S) groups is 1. The summed E-state index contributed by atoms with van der Waals surface area (Å²) in [5, 5.41) is 3.28. The van der Waals surface area contributed by atoms with Gasteiger partial charge < -0.3 is 15.0 Å². The van der Waals surface area contributed by atoms with Crippen molar-refractivity contribution in [2.24, 2.45) is 0 Å². The van der Waals surface area contributed by atoms with Crippen molar-refractivity contribution < 1.29 is 13.5 Å². The maximum atomic E-state index is 14.0. The molecule has 0 bridgehead atoms. The van der Waals surface area contributed by atoms with Gasteiger partial charge in [-0.3, -0.25) is 9.88 Å². The molecule has 1 fully saturated rings. The van der Waals surface area contributed by atoms with E-state index < -0.39 is 11.6 Å². The van der Waals surface area contributed by atoms with Crippen LogP contribution < -0.4 is 5.32 Å². The van der Waals surface area contributed by atoms with Crippen molar-refractivity contribution in [2.75, 3.05) is 44.7 Å². The molecule has 0 amide bonds. The van der Waals surface area contributed by atoms with Crippen LogP contribution in [-0.2, 0) is 11.3 Å². The highest BCUT2D eigenvalue weighted by atomic mass is 32.1. The van der Waals surface area contributed by atoms with Crippen molar-refractivity contribution in [2.45, 2.75) is 6.54 Å². The summed E-state index contributed by atoms with van der Waals surface area (Å²) in [6, 6.07) is 7.22. The Morgan fingerprint density at radius 1 is 1.26 bits per heavy atom. The highest BCUT2D eigenvalue weighted by Gasteiger charge is 2.16. The zero-order chi connectivity index (χ0) is 19.1. The zero-order valence-corrected chi connectivity index (χ0v) is 15.7. The quantitative estimate of drug-likeness (QED) is 0.763. The Kier molecular flexibility index (Phi) is 7.03. The molecular formula is C19H22F2N4OS. The van der Waals surface area contributed by atoms with Crippen molar-refractivity contribution in [1.29, 1.82) is 0 Å². The van der Waals surface area contributed by atoms with Crippen LogP contribution in [-0.4, -0.2) is 59.3 Å². The summed E-state index contributed by atoms with van der Waals surface area (Å²) in [6.45, 7) is 5.26. The van der Waals surface area contributed by atoms with Crippen LogP contribution >= 0.6 is 12.2 Å². The molecule has 1 N–H and O–H groups in total.